The van der Waals surface area contributed by atoms with Crippen LogP contribution in [0.4, 0.5) is 0 Å². The van der Waals surface area contributed by atoms with E-state index in [9.17, 15) is 0 Å². The zero-order valence-corrected chi connectivity index (χ0v) is 14.4. The highest BCUT2D eigenvalue weighted by Crippen LogP contribution is 2.28. The molecule has 1 aromatic rings. The SMILES string of the molecule is C=CCN1CCN(C(CC(C)C)c2nnnn2C(C)C)CC1. The Kier molecular flexibility index (Phi) is 6.08. The van der Waals surface area contributed by atoms with Crippen LogP contribution in [0.25, 0.3) is 0 Å². The summed E-state index contributed by atoms with van der Waals surface area (Å²) in [6.45, 7) is 17.9. The third-order valence-electron chi connectivity index (χ3n) is 4.24. The maximum Gasteiger partial charge on any atom is 0.168 e. The van der Waals surface area contributed by atoms with Crippen molar-refractivity contribution in [3.63, 3.8) is 0 Å². The smallest absolute Gasteiger partial charge is 0.168 e. The van der Waals surface area contributed by atoms with Crippen LogP contribution in [-0.4, -0.2) is 62.7 Å². The van der Waals surface area contributed by atoms with E-state index in [1.54, 1.807) is 0 Å². The van der Waals surface area contributed by atoms with Gasteiger partial charge < -0.3 is 0 Å². The molecule has 0 bridgehead atoms. The van der Waals surface area contributed by atoms with E-state index in [4.69, 9.17) is 0 Å². The molecule has 1 unspecified atom stereocenters. The minimum Gasteiger partial charge on any atom is -0.297 e. The lowest BCUT2D eigenvalue weighted by Gasteiger charge is -2.39. The molecule has 124 valence electrons. The zero-order valence-electron chi connectivity index (χ0n) is 14.4. The van der Waals surface area contributed by atoms with Crippen LogP contribution in [0.15, 0.2) is 12.7 Å². The maximum atomic E-state index is 4.35. The van der Waals surface area contributed by atoms with E-state index < -0.39 is 0 Å². The number of aromatic nitrogens is 4. The monoisotopic (exact) mass is 306 g/mol. The minimum absolute atomic E-state index is 0.293. The van der Waals surface area contributed by atoms with Crippen LogP contribution in [0.2, 0.25) is 0 Å². The fourth-order valence-electron chi connectivity index (χ4n) is 3.09. The first kappa shape index (κ1) is 17.1. The molecule has 6 heteroatoms. The van der Waals surface area contributed by atoms with Crippen molar-refractivity contribution in [2.75, 3.05) is 32.7 Å². The highest BCUT2D eigenvalue weighted by atomic mass is 15.6. The Morgan fingerprint density at radius 2 is 1.82 bits per heavy atom. The largest absolute Gasteiger partial charge is 0.297 e. The van der Waals surface area contributed by atoms with E-state index in [0.717, 1.165) is 45.0 Å². The van der Waals surface area contributed by atoms with Gasteiger partial charge in [-0.3, -0.25) is 9.80 Å². The van der Waals surface area contributed by atoms with E-state index in [2.05, 4.69) is 59.6 Å². The molecule has 0 aromatic carbocycles. The molecule has 22 heavy (non-hydrogen) atoms. The fourth-order valence-corrected chi connectivity index (χ4v) is 3.09. The molecule has 1 aliphatic heterocycles. The van der Waals surface area contributed by atoms with Crippen LogP contribution in [-0.2, 0) is 0 Å². The summed E-state index contributed by atoms with van der Waals surface area (Å²) < 4.78 is 1.98. The zero-order chi connectivity index (χ0) is 16.1. The molecule has 1 aliphatic rings. The Morgan fingerprint density at radius 3 is 2.36 bits per heavy atom. The van der Waals surface area contributed by atoms with Crippen LogP contribution in [0.3, 0.4) is 0 Å². The Labute approximate surface area is 134 Å². The second-order valence-corrected chi connectivity index (χ2v) is 6.85. The molecular formula is C16H30N6. The van der Waals surface area contributed by atoms with Crippen molar-refractivity contribution in [2.45, 2.75) is 46.2 Å². The van der Waals surface area contributed by atoms with E-state index >= 15 is 0 Å². The van der Waals surface area contributed by atoms with E-state index in [0.29, 0.717) is 18.0 Å². The highest BCUT2D eigenvalue weighted by molar-refractivity contribution is 4.97. The molecule has 1 fully saturated rings. The third-order valence-corrected chi connectivity index (χ3v) is 4.24. The molecule has 1 aromatic heterocycles. The number of hydrogen-bond donors (Lipinski definition) is 0. The van der Waals surface area contributed by atoms with Gasteiger partial charge in [0.25, 0.3) is 0 Å². The Morgan fingerprint density at radius 1 is 1.14 bits per heavy atom. The Bertz CT molecular complexity index is 459. The van der Waals surface area contributed by atoms with Gasteiger partial charge in [-0.2, -0.15) is 0 Å². The van der Waals surface area contributed by atoms with Crippen molar-refractivity contribution in [3.05, 3.63) is 18.5 Å². The van der Waals surface area contributed by atoms with Crippen molar-refractivity contribution in [2.24, 2.45) is 5.92 Å². The average molecular weight is 306 g/mol. The molecule has 0 radical (unpaired) electrons. The summed E-state index contributed by atoms with van der Waals surface area (Å²) in [5.74, 6) is 1.63. The van der Waals surface area contributed by atoms with Gasteiger partial charge in [0.15, 0.2) is 5.82 Å². The maximum absolute atomic E-state index is 4.35. The van der Waals surface area contributed by atoms with Gasteiger partial charge in [0.1, 0.15) is 0 Å². The third kappa shape index (κ3) is 4.14. The molecule has 1 saturated heterocycles. The van der Waals surface area contributed by atoms with E-state index in [1.807, 2.05) is 10.8 Å². The predicted octanol–water partition coefficient (Wildman–Crippen LogP) is 2.14. The van der Waals surface area contributed by atoms with Crippen LogP contribution >= 0.6 is 0 Å². The second-order valence-electron chi connectivity index (χ2n) is 6.85. The van der Waals surface area contributed by atoms with Crippen molar-refractivity contribution in [1.29, 1.82) is 0 Å². The molecule has 0 amide bonds. The van der Waals surface area contributed by atoms with Crippen molar-refractivity contribution >= 4 is 0 Å². The first-order valence-corrected chi connectivity index (χ1v) is 8.38. The lowest BCUT2D eigenvalue weighted by molar-refractivity contribution is 0.0857. The van der Waals surface area contributed by atoms with Gasteiger partial charge in [-0.05, 0) is 36.6 Å². The molecule has 2 rings (SSSR count). The van der Waals surface area contributed by atoms with Crippen molar-refractivity contribution in [3.8, 4) is 0 Å². The van der Waals surface area contributed by atoms with Gasteiger partial charge in [-0.15, -0.1) is 11.7 Å². The van der Waals surface area contributed by atoms with Gasteiger partial charge in [-0.25, -0.2) is 4.68 Å². The van der Waals surface area contributed by atoms with E-state index in [-0.39, 0.29) is 0 Å². The molecule has 1 atom stereocenters. The summed E-state index contributed by atoms with van der Waals surface area (Å²) >= 11 is 0. The quantitative estimate of drug-likeness (QED) is 0.722. The summed E-state index contributed by atoms with van der Waals surface area (Å²) in [5, 5.41) is 12.5. The summed E-state index contributed by atoms with van der Waals surface area (Å²) in [6.07, 6.45) is 3.08. The number of hydrogen-bond acceptors (Lipinski definition) is 5. The molecule has 6 nitrogen and oxygen atoms in total. The first-order valence-electron chi connectivity index (χ1n) is 8.38. The summed E-state index contributed by atoms with van der Waals surface area (Å²) in [6, 6.07) is 0.602. The van der Waals surface area contributed by atoms with Gasteiger partial charge in [0, 0.05) is 32.7 Å². The highest BCUT2D eigenvalue weighted by Gasteiger charge is 2.29. The number of piperazine rings is 1. The van der Waals surface area contributed by atoms with Crippen LogP contribution in [0, 0.1) is 5.92 Å². The van der Waals surface area contributed by atoms with Crippen molar-refractivity contribution < 1.29 is 0 Å². The van der Waals surface area contributed by atoms with Crippen LogP contribution < -0.4 is 0 Å². The standard InChI is InChI=1S/C16H30N6/c1-6-7-20-8-10-21(11-9-20)15(12-13(2)3)16-17-18-19-22(16)14(4)5/h6,13-15H,1,7-12H2,2-5H3. The van der Waals surface area contributed by atoms with Crippen LogP contribution in [0.5, 0.6) is 0 Å². The summed E-state index contributed by atoms with van der Waals surface area (Å²) in [4.78, 5) is 4.99. The van der Waals surface area contributed by atoms with Gasteiger partial charge in [-0.1, -0.05) is 19.9 Å². The van der Waals surface area contributed by atoms with Gasteiger partial charge >= 0.3 is 0 Å². The predicted molar refractivity (Wildman–Crippen MR) is 88.6 cm³/mol. The average Bonchev–Trinajstić information content (AvgIpc) is 2.95. The minimum atomic E-state index is 0.293. The topological polar surface area (TPSA) is 50.1 Å². The molecule has 0 spiro atoms. The second kappa shape index (κ2) is 7.83. The lowest BCUT2D eigenvalue weighted by atomic mass is 10.0. The van der Waals surface area contributed by atoms with Crippen LogP contribution in [0.1, 0.15) is 52.0 Å². The number of tetrazole rings is 1. The molecular weight excluding hydrogens is 276 g/mol. The summed E-state index contributed by atoms with van der Waals surface area (Å²) in [5.41, 5.74) is 0. The van der Waals surface area contributed by atoms with Gasteiger partial charge in [0.05, 0.1) is 12.1 Å². The number of nitrogens with zero attached hydrogens (tertiary/aromatic N) is 6. The fraction of sp³-hybridized carbons (Fsp3) is 0.812. The van der Waals surface area contributed by atoms with E-state index in [1.165, 1.54) is 0 Å². The lowest BCUT2D eigenvalue weighted by Crippen LogP contribution is -2.48. The molecule has 0 saturated carbocycles. The van der Waals surface area contributed by atoms with Crippen molar-refractivity contribution in [1.82, 2.24) is 30.0 Å². The molecule has 0 aliphatic carbocycles. The Hall–Kier alpha value is -1.27. The Balaban J connectivity index is 2.13. The van der Waals surface area contributed by atoms with Gasteiger partial charge in [0.2, 0.25) is 0 Å². The molecule has 0 N–H and O–H groups in total. The number of rotatable bonds is 7. The normalized spacial score (nSPS) is 19.0. The molecule has 2 heterocycles. The first-order chi connectivity index (χ1) is 10.5. The summed E-state index contributed by atoms with van der Waals surface area (Å²) in [7, 11) is 0.